The van der Waals surface area contributed by atoms with Crippen LogP contribution in [0.2, 0.25) is 0 Å². The number of nitrogens with zero attached hydrogens (tertiary/aromatic N) is 3. The third kappa shape index (κ3) is 3.67. The van der Waals surface area contributed by atoms with Gasteiger partial charge < -0.3 is 15.5 Å². The largest absolute Gasteiger partial charge is 0.355 e. The first kappa shape index (κ1) is 16.7. The highest BCUT2D eigenvalue weighted by Gasteiger charge is 2.43. The molecular formula is C17H25N5O2. The molecule has 0 unspecified atom stereocenters. The molecule has 3 amide bonds. The first-order chi connectivity index (χ1) is 11.5. The number of amides is 3. The van der Waals surface area contributed by atoms with Gasteiger partial charge in [0.05, 0.1) is 5.69 Å². The molecule has 24 heavy (non-hydrogen) atoms. The molecule has 2 saturated heterocycles. The van der Waals surface area contributed by atoms with Gasteiger partial charge in [-0.25, -0.2) is 4.79 Å². The Morgan fingerprint density at radius 1 is 1.38 bits per heavy atom. The molecule has 3 rings (SSSR count). The van der Waals surface area contributed by atoms with E-state index in [1.165, 1.54) is 0 Å². The van der Waals surface area contributed by atoms with Crippen LogP contribution in [0, 0.1) is 12.3 Å². The molecule has 1 spiro atoms. The molecule has 130 valence electrons. The van der Waals surface area contributed by atoms with Gasteiger partial charge in [0.1, 0.15) is 0 Å². The van der Waals surface area contributed by atoms with Crippen molar-refractivity contribution in [3.63, 3.8) is 0 Å². The Morgan fingerprint density at radius 3 is 2.88 bits per heavy atom. The maximum atomic E-state index is 12.1. The Hall–Kier alpha value is -2.15. The van der Waals surface area contributed by atoms with Gasteiger partial charge in [-0.2, -0.15) is 0 Å². The highest BCUT2D eigenvalue weighted by Crippen LogP contribution is 2.31. The number of aromatic nitrogens is 1. The van der Waals surface area contributed by atoms with Crippen LogP contribution in [0.1, 0.15) is 17.8 Å². The van der Waals surface area contributed by atoms with Crippen LogP contribution in [0.4, 0.5) is 4.79 Å². The fourth-order valence-corrected chi connectivity index (χ4v) is 3.71. The van der Waals surface area contributed by atoms with Crippen molar-refractivity contribution >= 4 is 11.9 Å². The van der Waals surface area contributed by atoms with Crippen molar-refractivity contribution in [1.29, 1.82) is 0 Å². The number of nitrogens with one attached hydrogen (secondary N) is 2. The molecule has 2 aliphatic rings. The van der Waals surface area contributed by atoms with Crippen molar-refractivity contribution in [2.75, 3.05) is 39.8 Å². The minimum Gasteiger partial charge on any atom is -0.355 e. The number of hydrogen-bond acceptors (Lipinski definition) is 4. The summed E-state index contributed by atoms with van der Waals surface area (Å²) in [6.45, 7) is 6.16. The topological polar surface area (TPSA) is 77.6 Å². The van der Waals surface area contributed by atoms with Gasteiger partial charge >= 0.3 is 6.03 Å². The normalized spacial score (nSPS) is 24.8. The predicted molar refractivity (Wildman–Crippen MR) is 90.3 cm³/mol. The number of rotatable bonds is 2. The molecule has 2 N–H and O–H groups in total. The predicted octanol–water partition coefficient (Wildman–Crippen LogP) is 0.353. The molecule has 1 atom stereocenters. The molecule has 7 nitrogen and oxygen atoms in total. The minimum atomic E-state index is -0.218. The summed E-state index contributed by atoms with van der Waals surface area (Å²) in [5, 5.41) is 5.64. The van der Waals surface area contributed by atoms with Crippen LogP contribution in [-0.2, 0) is 11.3 Å². The second-order valence-corrected chi connectivity index (χ2v) is 6.91. The van der Waals surface area contributed by atoms with Gasteiger partial charge in [0, 0.05) is 63.8 Å². The minimum absolute atomic E-state index is 0.0717. The molecule has 3 heterocycles. The lowest BCUT2D eigenvalue weighted by atomic mass is 9.86. The van der Waals surface area contributed by atoms with Crippen molar-refractivity contribution < 1.29 is 9.59 Å². The maximum absolute atomic E-state index is 12.1. The lowest BCUT2D eigenvalue weighted by Gasteiger charge is -2.32. The standard InChI is InChI=1S/C17H25N5O2/c1-13-4-3-5-14(20-13)9-21-6-7-22(16(24)18-2)12-17(11-21)8-15(23)19-10-17/h3-5H,6-12H2,1-2H3,(H,18,24)(H,19,23)/t17-/m0/s1. The van der Waals surface area contributed by atoms with E-state index in [1.54, 1.807) is 7.05 Å². The van der Waals surface area contributed by atoms with Crippen LogP contribution in [0.25, 0.3) is 0 Å². The number of aryl methyl sites for hydroxylation is 1. The van der Waals surface area contributed by atoms with E-state index in [0.717, 1.165) is 31.0 Å². The van der Waals surface area contributed by atoms with E-state index in [1.807, 2.05) is 30.0 Å². The summed E-state index contributed by atoms with van der Waals surface area (Å²) in [7, 11) is 1.65. The van der Waals surface area contributed by atoms with Gasteiger partial charge in [-0.3, -0.25) is 14.7 Å². The third-order valence-electron chi connectivity index (χ3n) is 4.80. The molecule has 0 radical (unpaired) electrons. The summed E-state index contributed by atoms with van der Waals surface area (Å²) in [5.74, 6) is 0.0717. The molecule has 1 aromatic rings. The van der Waals surface area contributed by atoms with Crippen molar-refractivity contribution in [2.24, 2.45) is 5.41 Å². The first-order valence-electron chi connectivity index (χ1n) is 8.38. The summed E-state index contributed by atoms with van der Waals surface area (Å²) in [4.78, 5) is 32.7. The van der Waals surface area contributed by atoms with Crippen molar-refractivity contribution in [2.45, 2.75) is 19.9 Å². The lowest BCUT2D eigenvalue weighted by Crippen LogP contribution is -2.46. The Bertz CT molecular complexity index is 635. The number of urea groups is 1. The molecule has 1 aromatic heterocycles. The molecule has 2 aliphatic heterocycles. The summed E-state index contributed by atoms with van der Waals surface area (Å²) >= 11 is 0. The molecule has 0 bridgehead atoms. The maximum Gasteiger partial charge on any atom is 0.317 e. The fraction of sp³-hybridized carbons (Fsp3) is 0.588. The summed E-state index contributed by atoms with van der Waals surface area (Å²) in [6, 6.07) is 5.95. The van der Waals surface area contributed by atoms with E-state index in [2.05, 4.69) is 20.5 Å². The summed E-state index contributed by atoms with van der Waals surface area (Å²) < 4.78 is 0. The summed E-state index contributed by atoms with van der Waals surface area (Å²) in [6.07, 6.45) is 0.470. The molecule has 0 aliphatic carbocycles. The van der Waals surface area contributed by atoms with E-state index in [4.69, 9.17) is 0 Å². The number of carbonyl (C=O) groups is 2. The highest BCUT2D eigenvalue weighted by atomic mass is 16.2. The zero-order chi connectivity index (χ0) is 17.2. The highest BCUT2D eigenvalue weighted by molar-refractivity contribution is 5.80. The lowest BCUT2D eigenvalue weighted by molar-refractivity contribution is -0.119. The number of carbonyl (C=O) groups excluding carboxylic acids is 2. The van der Waals surface area contributed by atoms with Crippen LogP contribution < -0.4 is 10.6 Å². The van der Waals surface area contributed by atoms with Gasteiger partial charge in [-0.05, 0) is 19.1 Å². The average molecular weight is 331 g/mol. The van der Waals surface area contributed by atoms with Crippen molar-refractivity contribution in [1.82, 2.24) is 25.4 Å². The van der Waals surface area contributed by atoms with Crippen molar-refractivity contribution in [3.8, 4) is 0 Å². The molecule has 0 aromatic carbocycles. The Kier molecular flexibility index (Phi) is 4.71. The Morgan fingerprint density at radius 2 is 2.21 bits per heavy atom. The van der Waals surface area contributed by atoms with E-state index >= 15 is 0 Å². The Labute approximate surface area is 142 Å². The van der Waals surface area contributed by atoms with Crippen LogP contribution in [0.3, 0.4) is 0 Å². The summed E-state index contributed by atoms with van der Waals surface area (Å²) in [5.41, 5.74) is 1.81. The van der Waals surface area contributed by atoms with E-state index in [-0.39, 0.29) is 17.4 Å². The van der Waals surface area contributed by atoms with E-state index in [0.29, 0.717) is 26.1 Å². The molecule has 7 heteroatoms. The second-order valence-electron chi connectivity index (χ2n) is 6.91. The van der Waals surface area contributed by atoms with Crippen LogP contribution in [-0.4, -0.2) is 66.5 Å². The molecular weight excluding hydrogens is 306 g/mol. The van der Waals surface area contributed by atoms with Gasteiger partial charge in [0.15, 0.2) is 0 Å². The molecule has 0 saturated carbocycles. The van der Waals surface area contributed by atoms with E-state index in [9.17, 15) is 9.59 Å². The second kappa shape index (κ2) is 6.76. The van der Waals surface area contributed by atoms with Gasteiger partial charge in [-0.15, -0.1) is 0 Å². The zero-order valence-electron chi connectivity index (χ0n) is 14.3. The van der Waals surface area contributed by atoms with Gasteiger partial charge in [0.25, 0.3) is 0 Å². The smallest absolute Gasteiger partial charge is 0.317 e. The number of hydrogen-bond donors (Lipinski definition) is 2. The zero-order valence-corrected chi connectivity index (χ0v) is 14.3. The van der Waals surface area contributed by atoms with Crippen LogP contribution in [0.15, 0.2) is 18.2 Å². The van der Waals surface area contributed by atoms with Crippen LogP contribution in [0.5, 0.6) is 0 Å². The number of pyridine rings is 1. The quantitative estimate of drug-likeness (QED) is 0.820. The van der Waals surface area contributed by atoms with Crippen molar-refractivity contribution in [3.05, 3.63) is 29.6 Å². The van der Waals surface area contributed by atoms with Gasteiger partial charge in [0.2, 0.25) is 5.91 Å². The molecule has 2 fully saturated rings. The first-order valence-corrected chi connectivity index (χ1v) is 8.38. The average Bonchev–Trinajstić information content (AvgIpc) is 2.80. The third-order valence-corrected chi connectivity index (χ3v) is 4.80. The fourth-order valence-electron chi connectivity index (χ4n) is 3.71. The van der Waals surface area contributed by atoms with E-state index < -0.39 is 0 Å². The Balaban J connectivity index is 1.78. The SMILES string of the molecule is CNC(=O)N1CCN(Cc2cccc(C)n2)C[C@]2(CNC(=O)C2)C1. The van der Waals surface area contributed by atoms with Gasteiger partial charge in [-0.1, -0.05) is 6.07 Å². The van der Waals surface area contributed by atoms with Crippen LogP contribution >= 0.6 is 0 Å². The monoisotopic (exact) mass is 331 g/mol.